The number of aryl methyl sites for hydroxylation is 1. The maximum atomic E-state index is 13.1. The van der Waals surface area contributed by atoms with Crippen LogP contribution in [0.3, 0.4) is 0 Å². The Hall–Kier alpha value is -1.90. The Morgan fingerprint density at radius 3 is 2.38 bits per heavy atom. The standard InChI is InChI=1S/C25H32ClN5O2S/c26-19-5-7-20(8-6-19)30-12-17-14-31(15-18(17)13-30)24-27-21-4-1-2-11-34(33)22(21)23(28-24)29-25(16-32)9-3-10-25/h5-8,17-18,32H,1-4,9-16H2,(H,27,28,29)/t17?,18?,34-/m1/s1. The molecule has 1 aliphatic carbocycles. The van der Waals surface area contributed by atoms with Crippen LogP contribution in [0, 0.1) is 11.8 Å². The van der Waals surface area contributed by atoms with Gasteiger partial charge in [-0.1, -0.05) is 11.6 Å². The van der Waals surface area contributed by atoms with E-state index in [2.05, 4.69) is 27.2 Å². The predicted molar refractivity (Wildman–Crippen MR) is 136 cm³/mol. The van der Waals surface area contributed by atoms with E-state index in [0.29, 0.717) is 23.4 Å². The van der Waals surface area contributed by atoms with Gasteiger partial charge >= 0.3 is 0 Å². The molecule has 3 fully saturated rings. The molecule has 4 aliphatic rings. The molecule has 2 N–H and O–H groups in total. The lowest BCUT2D eigenvalue weighted by atomic mass is 9.77. The second-order valence-electron chi connectivity index (χ2n) is 10.4. The molecule has 9 heteroatoms. The van der Waals surface area contributed by atoms with Crippen molar-refractivity contribution in [1.82, 2.24) is 9.97 Å². The summed E-state index contributed by atoms with van der Waals surface area (Å²) in [5.74, 6) is 3.23. The van der Waals surface area contributed by atoms with Crippen LogP contribution in [0.25, 0.3) is 0 Å². The second-order valence-corrected chi connectivity index (χ2v) is 12.3. The number of nitrogens with one attached hydrogen (secondary N) is 1. The van der Waals surface area contributed by atoms with Gasteiger partial charge in [-0.05, 0) is 62.8 Å². The van der Waals surface area contributed by atoms with Crippen molar-refractivity contribution in [3.05, 3.63) is 35.0 Å². The fourth-order valence-corrected chi connectivity index (χ4v) is 7.46. The van der Waals surface area contributed by atoms with Crippen LogP contribution in [0.5, 0.6) is 0 Å². The van der Waals surface area contributed by atoms with E-state index in [9.17, 15) is 9.32 Å². The summed E-state index contributed by atoms with van der Waals surface area (Å²) in [5.41, 5.74) is 1.82. The summed E-state index contributed by atoms with van der Waals surface area (Å²) in [6, 6.07) is 8.12. The molecule has 0 amide bonds. The molecule has 2 unspecified atom stereocenters. The van der Waals surface area contributed by atoms with Gasteiger partial charge in [-0.25, -0.2) is 4.98 Å². The topological polar surface area (TPSA) is 81.6 Å². The predicted octanol–water partition coefficient (Wildman–Crippen LogP) is 3.47. The van der Waals surface area contributed by atoms with Gasteiger partial charge in [0.15, 0.2) is 0 Å². The summed E-state index contributed by atoms with van der Waals surface area (Å²) < 4.78 is 13.1. The Bertz CT molecular complexity index is 1070. The van der Waals surface area contributed by atoms with Gasteiger partial charge in [0.2, 0.25) is 5.95 Å². The van der Waals surface area contributed by atoms with Gasteiger partial charge < -0.3 is 20.2 Å². The summed E-state index contributed by atoms with van der Waals surface area (Å²) in [5, 5.41) is 14.3. The maximum absolute atomic E-state index is 13.1. The van der Waals surface area contributed by atoms with Crippen molar-refractivity contribution in [2.75, 3.05) is 53.7 Å². The van der Waals surface area contributed by atoms with Crippen LogP contribution in [-0.4, -0.2) is 63.4 Å². The van der Waals surface area contributed by atoms with Gasteiger partial charge in [0.25, 0.3) is 0 Å². The lowest BCUT2D eigenvalue weighted by Gasteiger charge is -2.42. The molecule has 2 aromatic rings. The van der Waals surface area contributed by atoms with E-state index in [-0.39, 0.29) is 12.1 Å². The molecule has 0 spiro atoms. The molecule has 2 saturated heterocycles. The number of rotatable bonds is 5. The Balaban J connectivity index is 1.25. The minimum Gasteiger partial charge on any atom is -0.394 e. The number of hydrogen-bond donors (Lipinski definition) is 2. The molecular formula is C25H32ClN5O2S. The van der Waals surface area contributed by atoms with E-state index in [1.165, 1.54) is 5.69 Å². The van der Waals surface area contributed by atoms with Crippen molar-refractivity contribution in [2.24, 2.45) is 11.8 Å². The van der Waals surface area contributed by atoms with Gasteiger partial charge in [0.1, 0.15) is 10.7 Å². The molecule has 3 aliphatic heterocycles. The van der Waals surface area contributed by atoms with E-state index >= 15 is 0 Å². The third-order valence-electron chi connectivity index (χ3n) is 8.10. The zero-order valence-electron chi connectivity index (χ0n) is 19.4. The van der Waals surface area contributed by atoms with Crippen LogP contribution in [0.2, 0.25) is 5.02 Å². The Morgan fingerprint density at radius 2 is 1.74 bits per heavy atom. The second kappa shape index (κ2) is 8.95. The smallest absolute Gasteiger partial charge is 0.227 e. The summed E-state index contributed by atoms with van der Waals surface area (Å²) in [4.78, 5) is 15.5. The highest BCUT2D eigenvalue weighted by Crippen LogP contribution is 2.40. The van der Waals surface area contributed by atoms with Crippen molar-refractivity contribution in [3.8, 4) is 0 Å². The number of aliphatic hydroxyl groups is 1. The van der Waals surface area contributed by atoms with Gasteiger partial charge in [0.05, 0.1) is 28.6 Å². The lowest BCUT2D eigenvalue weighted by Crippen LogP contribution is -2.49. The first-order chi connectivity index (χ1) is 16.5. The quantitative estimate of drug-likeness (QED) is 0.649. The molecule has 4 heterocycles. The van der Waals surface area contributed by atoms with Gasteiger partial charge in [-0.15, -0.1) is 0 Å². The van der Waals surface area contributed by atoms with Gasteiger partial charge in [-0.3, -0.25) is 4.21 Å². The first-order valence-corrected chi connectivity index (χ1v) is 14.2. The normalized spacial score (nSPS) is 27.6. The molecule has 34 heavy (non-hydrogen) atoms. The molecule has 1 aromatic heterocycles. The van der Waals surface area contributed by atoms with Gasteiger partial charge in [-0.2, -0.15) is 4.98 Å². The molecule has 1 aromatic carbocycles. The van der Waals surface area contributed by atoms with Crippen molar-refractivity contribution < 1.29 is 9.32 Å². The first kappa shape index (κ1) is 22.6. The molecule has 0 radical (unpaired) electrons. The van der Waals surface area contributed by atoms with Crippen LogP contribution < -0.4 is 15.1 Å². The monoisotopic (exact) mass is 501 g/mol. The zero-order valence-corrected chi connectivity index (χ0v) is 21.0. The van der Waals surface area contributed by atoms with Crippen LogP contribution in [0.1, 0.15) is 37.8 Å². The van der Waals surface area contributed by atoms with Crippen LogP contribution in [-0.2, 0) is 17.2 Å². The van der Waals surface area contributed by atoms with E-state index in [1.54, 1.807) is 0 Å². The molecule has 3 atom stereocenters. The van der Waals surface area contributed by atoms with Crippen molar-refractivity contribution in [3.63, 3.8) is 0 Å². The van der Waals surface area contributed by atoms with Crippen molar-refractivity contribution in [2.45, 2.75) is 49.0 Å². The van der Waals surface area contributed by atoms with E-state index in [4.69, 9.17) is 21.6 Å². The minimum absolute atomic E-state index is 0.0716. The van der Waals surface area contributed by atoms with E-state index in [1.807, 2.05) is 12.1 Å². The molecule has 7 nitrogen and oxygen atoms in total. The summed E-state index contributed by atoms with van der Waals surface area (Å²) in [6.07, 6.45) is 5.70. The summed E-state index contributed by atoms with van der Waals surface area (Å²) >= 11 is 6.07. The first-order valence-electron chi connectivity index (χ1n) is 12.5. The number of fused-ring (bicyclic) bond motifs is 2. The maximum Gasteiger partial charge on any atom is 0.227 e. The van der Waals surface area contributed by atoms with Crippen LogP contribution in [0.15, 0.2) is 29.2 Å². The molecule has 1 saturated carbocycles. The number of aromatic nitrogens is 2. The molecule has 0 bridgehead atoms. The fourth-order valence-electron chi connectivity index (χ4n) is 5.94. The number of nitrogens with zero attached hydrogens (tertiary/aromatic N) is 4. The average Bonchev–Trinajstić information content (AvgIpc) is 3.33. The van der Waals surface area contributed by atoms with Crippen molar-refractivity contribution >= 4 is 39.9 Å². The SMILES string of the molecule is O=[S@@]1CCCCc2nc(N3CC4CN(c5ccc(Cl)cc5)CC4C3)nc(NC3(CO)CCC3)c21. The van der Waals surface area contributed by atoms with E-state index < -0.39 is 10.8 Å². The lowest BCUT2D eigenvalue weighted by molar-refractivity contribution is 0.143. The third-order valence-corrected chi connectivity index (χ3v) is 9.90. The third kappa shape index (κ3) is 4.07. The highest BCUT2D eigenvalue weighted by Gasteiger charge is 2.42. The fraction of sp³-hybridized carbons (Fsp3) is 0.600. The number of anilines is 3. The highest BCUT2D eigenvalue weighted by molar-refractivity contribution is 7.85. The number of halogens is 1. The van der Waals surface area contributed by atoms with Gasteiger partial charge in [0, 0.05) is 54.5 Å². The molecular weight excluding hydrogens is 470 g/mol. The molecule has 182 valence electrons. The van der Waals surface area contributed by atoms with Crippen LogP contribution >= 0.6 is 11.6 Å². The largest absolute Gasteiger partial charge is 0.394 e. The summed E-state index contributed by atoms with van der Waals surface area (Å²) in [6.45, 7) is 3.98. The number of hydrogen-bond acceptors (Lipinski definition) is 7. The molecule has 6 rings (SSSR count). The Labute approximate surface area is 208 Å². The Morgan fingerprint density at radius 1 is 1.03 bits per heavy atom. The van der Waals surface area contributed by atoms with Crippen LogP contribution in [0.4, 0.5) is 17.5 Å². The minimum atomic E-state index is -1.10. The zero-order chi connectivity index (χ0) is 23.3. The highest BCUT2D eigenvalue weighted by atomic mass is 35.5. The van der Waals surface area contributed by atoms with E-state index in [0.717, 1.165) is 86.3 Å². The number of aliphatic hydroxyl groups excluding tert-OH is 1. The van der Waals surface area contributed by atoms with Crippen molar-refractivity contribution in [1.29, 1.82) is 0 Å². The Kier molecular flexibility index (Phi) is 5.94. The summed E-state index contributed by atoms with van der Waals surface area (Å²) in [7, 11) is -1.10. The number of benzene rings is 1. The average molecular weight is 502 g/mol.